The van der Waals surface area contributed by atoms with Crippen LogP contribution in [0, 0.1) is 17.8 Å². The lowest BCUT2D eigenvalue weighted by Gasteiger charge is -2.18. The van der Waals surface area contributed by atoms with Crippen molar-refractivity contribution in [3.63, 3.8) is 0 Å². The van der Waals surface area contributed by atoms with Crippen molar-refractivity contribution in [1.29, 1.82) is 0 Å². The number of imidazole rings is 1. The standard InChI is InChI=1S/C21H22N4O3/c1-25-8-7-22-19(25)18(26)15-3-2-4-17(11-15)24-21(28)20(27)23-12-16-10-13-5-6-14(16)9-13/h2-8,11,13-14,16H,9-10,12H2,1H3,(H,23,27)(H,24,28)/t13-,14-,16-/m0/s1. The Hall–Kier alpha value is -3.22. The number of rotatable bonds is 5. The topological polar surface area (TPSA) is 93.1 Å². The second kappa shape index (κ2) is 7.42. The summed E-state index contributed by atoms with van der Waals surface area (Å²) in [5.74, 6) is 0.207. The van der Waals surface area contributed by atoms with E-state index in [9.17, 15) is 14.4 Å². The molecule has 2 N–H and O–H groups in total. The van der Waals surface area contributed by atoms with Crippen molar-refractivity contribution in [3.05, 3.63) is 60.2 Å². The molecule has 7 nitrogen and oxygen atoms in total. The van der Waals surface area contributed by atoms with Gasteiger partial charge >= 0.3 is 11.8 Å². The summed E-state index contributed by atoms with van der Waals surface area (Å²) in [5.41, 5.74) is 0.782. The fraction of sp³-hybridized carbons (Fsp3) is 0.333. The van der Waals surface area contributed by atoms with Gasteiger partial charge in [0.15, 0.2) is 5.82 Å². The number of carbonyl (C=O) groups excluding carboxylic acids is 3. The molecule has 2 aliphatic carbocycles. The van der Waals surface area contributed by atoms with Gasteiger partial charge in [-0.05, 0) is 42.7 Å². The summed E-state index contributed by atoms with van der Waals surface area (Å²) in [6.07, 6.45) is 9.93. The van der Waals surface area contributed by atoms with Crippen molar-refractivity contribution in [1.82, 2.24) is 14.9 Å². The quantitative estimate of drug-likeness (QED) is 0.472. The number of nitrogens with one attached hydrogen (secondary N) is 2. The Kier molecular flexibility index (Phi) is 4.81. The normalized spacial score (nSPS) is 22.2. The molecule has 0 radical (unpaired) electrons. The highest BCUT2D eigenvalue weighted by molar-refractivity contribution is 6.39. The zero-order chi connectivity index (χ0) is 19.7. The van der Waals surface area contributed by atoms with E-state index >= 15 is 0 Å². The SMILES string of the molecule is Cn1ccnc1C(=O)c1cccc(NC(=O)C(=O)NC[C@@H]2C[C@H]3C=C[C@H]2C3)c1. The summed E-state index contributed by atoms with van der Waals surface area (Å²) in [5, 5.41) is 5.29. The second-order valence-electron chi connectivity index (χ2n) is 7.48. The van der Waals surface area contributed by atoms with E-state index in [0.717, 1.165) is 12.8 Å². The van der Waals surface area contributed by atoms with Gasteiger partial charge in [0.2, 0.25) is 5.78 Å². The Morgan fingerprint density at radius 2 is 2.04 bits per heavy atom. The van der Waals surface area contributed by atoms with Crippen molar-refractivity contribution in [2.75, 3.05) is 11.9 Å². The van der Waals surface area contributed by atoms with Crippen molar-refractivity contribution >= 4 is 23.3 Å². The van der Waals surface area contributed by atoms with Gasteiger partial charge in [0, 0.05) is 37.2 Å². The predicted molar refractivity (Wildman–Crippen MR) is 104 cm³/mol. The fourth-order valence-corrected chi connectivity index (χ4v) is 4.07. The second-order valence-corrected chi connectivity index (χ2v) is 7.48. The molecule has 0 spiro atoms. The largest absolute Gasteiger partial charge is 0.348 e. The molecule has 3 atom stereocenters. The molecule has 7 heteroatoms. The number of ketones is 1. The van der Waals surface area contributed by atoms with Gasteiger partial charge in [0.1, 0.15) is 0 Å². The van der Waals surface area contributed by atoms with Crippen LogP contribution < -0.4 is 10.6 Å². The molecule has 1 aromatic heterocycles. The van der Waals surface area contributed by atoms with E-state index in [1.165, 1.54) is 0 Å². The van der Waals surface area contributed by atoms with Crippen molar-refractivity contribution in [2.24, 2.45) is 24.8 Å². The third kappa shape index (κ3) is 3.60. The highest BCUT2D eigenvalue weighted by Crippen LogP contribution is 2.42. The lowest BCUT2D eigenvalue weighted by Crippen LogP contribution is -2.38. The number of benzene rings is 1. The molecule has 2 aliphatic rings. The molecule has 2 bridgehead atoms. The number of anilines is 1. The number of allylic oxidation sites excluding steroid dienone is 2. The lowest BCUT2D eigenvalue weighted by molar-refractivity contribution is -0.136. The van der Waals surface area contributed by atoms with Crippen LogP contribution in [-0.4, -0.2) is 33.7 Å². The van der Waals surface area contributed by atoms with Crippen LogP contribution in [0.3, 0.4) is 0 Å². The zero-order valence-corrected chi connectivity index (χ0v) is 15.6. The van der Waals surface area contributed by atoms with E-state index in [4.69, 9.17) is 0 Å². The third-order valence-electron chi connectivity index (χ3n) is 5.55. The van der Waals surface area contributed by atoms with Gasteiger partial charge in [-0.2, -0.15) is 0 Å². The van der Waals surface area contributed by atoms with Gasteiger partial charge in [0.05, 0.1) is 0 Å². The zero-order valence-electron chi connectivity index (χ0n) is 15.6. The molecule has 2 aromatic rings. The minimum Gasteiger partial charge on any atom is -0.348 e. The van der Waals surface area contributed by atoms with Gasteiger partial charge in [-0.3, -0.25) is 14.4 Å². The lowest BCUT2D eigenvalue weighted by atomic mass is 9.94. The first-order valence-electron chi connectivity index (χ1n) is 9.41. The first kappa shape index (κ1) is 18.2. The van der Waals surface area contributed by atoms with E-state index < -0.39 is 11.8 Å². The van der Waals surface area contributed by atoms with Crippen LogP contribution in [0.1, 0.15) is 29.0 Å². The van der Waals surface area contributed by atoms with Crippen molar-refractivity contribution < 1.29 is 14.4 Å². The van der Waals surface area contributed by atoms with Gasteiger partial charge in [-0.15, -0.1) is 0 Å². The predicted octanol–water partition coefficient (Wildman–Crippen LogP) is 1.92. The van der Waals surface area contributed by atoms with Gasteiger partial charge in [-0.1, -0.05) is 24.3 Å². The average molecular weight is 378 g/mol. The Morgan fingerprint density at radius 3 is 2.71 bits per heavy atom. The summed E-state index contributed by atoms with van der Waals surface area (Å²) < 4.78 is 1.63. The maximum absolute atomic E-state index is 12.5. The summed E-state index contributed by atoms with van der Waals surface area (Å²) in [7, 11) is 1.74. The molecule has 1 saturated carbocycles. The highest BCUT2D eigenvalue weighted by atomic mass is 16.2. The average Bonchev–Trinajstić information content (AvgIpc) is 3.42. The molecule has 0 saturated heterocycles. The maximum Gasteiger partial charge on any atom is 0.313 e. The first-order valence-corrected chi connectivity index (χ1v) is 9.41. The van der Waals surface area contributed by atoms with E-state index in [-0.39, 0.29) is 5.78 Å². The van der Waals surface area contributed by atoms with E-state index in [0.29, 0.717) is 41.4 Å². The minimum atomic E-state index is -0.736. The van der Waals surface area contributed by atoms with Crippen LogP contribution in [0.5, 0.6) is 0 Å². The molecule has 1 aromatic carbocycles. The fourth-order valence-electron chi connectivity index (χ4n) is 4.07. The molecule has 28 heavy (non-hydrogen) atoms. The third-order valence-corrected chi connectivity index (χ3v) is 5.55. The highest BCUT2D eigenvalue weighted by Gasteiger charge is 2.35. The van der Waals surface area contributed by atoms with Crippen LogP contribution in [0.15, 0.2) is 48.8 Å². The first-order chi connectivity index (χ1) is 13.5. The molecule has 0 unspecified atom stereocenters. The van der Waals surface area contributed by atoms with Crippen molar-refractivity contribution in [3.8, 4) is 0 Å². The van der Waals surface area contributed by atoms with Crippen LogP contribution in [-0.2, 0) is 16.6 Å². The Morgan fingerprint density at radius 1 is 1.18 bits per heavy atom. The number of hydrogen-bond acceptors (Lipinski definition) is 4. The molecule has 1 fully saturated rings. The Bertz CT molecular complexity index is 962. The maximum atomic E-state index is 12.5. The van der Waals surface area contributed by atoms with Crippen LogP contribution >= 0.6 is 0 Å². The molecule has 144 valence electrons. The van der Waals surface area contributed by atoms with E-state index in [1.807, 2.05) is 0 Å². The molecular formula is C21H22N4O3. The number of fused-ring (bicyclic) bond motifs is 2. The summed E-state index contributed by atoms with van der Waals surface area (Å²) in [6, 6.07) is 6.49. The number of nitrogens with zero attached hydrogens (tertiary/aromatic N) is 2. The Labute approximate surface area is 162 Å². The van der Waals surface area contributed by atoms with Crippen LogP contribution in [0.25, 0.3) is 0 Å². The Balaban J connectivity index is 1.35. The monoisotopic (exact) mass is 378 g/mol. The number of amides is 2. The molecule has 2 amide bonds. The van der Waals surface area contributed by atoms with E-state index in [1.54, 1.807) is 48.3 Å². The van der Waals surface area contributed by atoms with Crippen LogP contribution in [0.2, 0.25) is 0 Å². The van der Waals surface area contributed by atoms with Gasteiger partial charge in [-0.25, -0.2) is 4.98 Å². The summed E-state index contributed by atoms with van der Waals surface area (Å²) >= 11 is 0. The molecule has 1 heterocycles. The van der Waals surface area contributed by atoms with Crippen LogP contribution in [0.4, 0.5) is 5.69 Å². The number of aryl methyl sites for hydroxylation is 1. The van der Waals surface area contributed by atoms with Crippen molar-refractivity contribution in [2.45, 2.75) is 12.8 Å². The summed E-state index contributed by atoms with van der Waals surface area (Å²) in [6.45, 7) is 0.509. The van der Waals surface area contributed by atoms with E-state index in [2.05, 4.69) is 27.8 Å². The van der Waals surface area contributed by atoms with Gasteiger partial charge < -0.3 is 15.2 Å². The molecular weight excluding hydrogens is 356 g/mol. The number of aromatic nitrogens is 2. The molecule has 4 rings (SSSR count). The number of hydrogen-bond donors (Lipinski definition) is 2. The number of carbonyl (C=O) groups is 3. The minimum absolute atomic E-state index is 0.252. The van der Waals surface area contributed by atoms with Gasteiger partial charge in [0.25, 0.3) is 0 Å². The summed E-state index contributed by atoms with van der Waals surface area (Å²) in [4.78, 5) is 40.9. The molecule has 0 aliphatic heterocycles. The smallest absolute Gasteiger partial charge is 0.313 e.